The number of primary amides is 1. The summed E-state index contributed by atoms with van der Waals surface area (Å²) in [5.41, 5.74) is 7.30. The van der Waals surface area contributed by atoms with Gasteiger partial charge >= 0.3 is 0 Å². The van der Waals surface area contributed by atoms with Crippen LogP contribution in [0.4, 0.5) is 0 Å². The molecule has 1 aliphatic heterocycles. The van der Waals surface area contributed by atoms with Gasteiger partial charge < -0.3 is 10.6 Å². The van der Waals surface area contributed by atoms with Crippen molar-refractivity contribution in [1.82, 2.24) is 4.90 Å². The maximum absolute atomic E-state index is 12.0. The van der Waals surface area contributed by atoms with Crippen LogP contribution in [0.2, 0.25) is 0 Å². The van der Waals surface area contributed by atoms with E-state index < -0.39 is 5.91 Å². The quantitative estimate of drug-likeness (QED) is 0.837. The molecule has 1 atom stereocenters. The normalized spacial score (nSPS) is 19.7. The Bertz CT molecular complexity index is 439. The van der Waals surface area contributed by atoms with E-state index in [1.54, 1.807) is 0 Å². The molecule has 1 unspecified atom stereocenters. The van der Waals surface area contributed by atoms with Gasteiger partial charge in [0.2, 0.25) is 11.8 Å². The van der Waals surface area contributed by atoms with E-state index in [-0.39, 0.29) is 18.4 Å². The largest absolute Gasteiger partial charge is 0.368 e. The second-order valence-electron chi connectivity index (χ2n) is 4.48. The molecule has 0 bridgehead atoms. The van der Waals surface area contributed by atoms with Crippen LogP contribution < -0.4 is 5.73 Å². The smallest absolute Gasteiger partial charge is 0.237 e. The number of hydrogen-bond donors (Lipinski definition) is 1. The van der Waals surface area contributed by atoms with E-state index in [0.29, 0.717) is 6.54 Å². The molecule has 1 fully saturated rings. The van der Waals surface area contributed by atoms with Crippen molar-refractivity contribution in [3.05, 3.63) is 35.4 Å². The third-order valence-corrected chi connectivity index (χ3v) is 3.12. The first-order valence-corrected chi connectivity index (χ1v) is 5.71. The van der Waals surface area contributed by atoms with Crippen LogP contribution in [0.1, 0.15) is 23.5 Å². The van der Waals surface area contributed by atoms with E-state index in [9.17, 15) is 9.59 Å². The molecule has 1 saturated heterocycles. The molecule has 0 saturated carbocycles. The first-order chi connectivity index (χ1) is 8.08. The monoisotopic (exact) mass is 232 g/mol. The second-order valence-corrected chi connectivity index (χ2v) is 4.48. The molecule has 90 valence electrons. The number of nitrogens with zero attached hydrogens (tertiary/aromatic N) is 1. The number of rotatable bonds is 3. The lowest BCUT2D eigenvalue weighted by Gasteiger charge is -2.14. The SMILES string of the molecule is Cc1ccc(C2CCN(CC(N)=O)C2=O)cc1. The molecule has 0 aromatic heterocycles. The predicted octanol–water partition coefficient (Wildman–Crippen LogP) is 0.796. The van der Waals surface area contributed by atoms with Crippen LogP contribution >= 0.6 is 0 Å². The highest BCUT2D eigenvalue weighted by Gasteiger charge is 2.33. The summed E-state index contributed by atoms with van der Waals surface area (Å²) < 4.78 is 0. The summed E-state index contributed by atoms with van der Waals surface area (Å²) >= 11 is 0. The Labute approximate surface area is 100 Å². The first-order valence-electron chi connectivity index (χ1n) is 5.71. The number of carbonyl (C=O) groups is 2. The van der Waals surface area contributed by atoms with Gasteiger partial charge in [0.25, 0.3) is 0 Å². The standard InChI is InChI=1S/C13H16N2O2/c1-9-2-4-10(5-3-9)11-6-7-15(13(11)17)8-12(14)16/h2-5,11H,6-8H2,1H3,(H2,14,16). The molecule has 17 heavy (non-hydrogen) atoms. The average molecular weight is 232 g/mol. The minimum absolute atomic E-state index is 0.00709. The summed E-state index contributed by atoms with van der Waals surface area (Å²) in [6.07, 6.45) is 0.759. The van der Waals surface area contributed by atoms with Crippen molar-refractivity contribution in [2.75, 3.05) is 13.1 Å². The molecular formula is C13H16N2O2. The van der Waals surface area contributed by atoms with Crippen LogP contribution in [0.5, 0.6) is 0 Å². The minimum Gasteiger partial charge on any atom is -0.368 e. The summed E-state index contributed by atoms with van der Waals surface area (Å²) in [6.45, 7) is 2.65. The summed E-state index contributed by atoms with van der Waals surface area (Å²) in [5.74, 6) is -0.564. The van der Waals surface area contributed by atoms with Crippen molar-refractivity contribution >= 4 is 11.8 Å². The van der Waals surface area contributed by atoms with Crippen molar-refractivity contribution in [1.29, 1.82) is 0 Å². The Kier molecular flexibility index (Phi) is 3.13. The Morgan fingerprint density at radius 3 is 2.65 bits per heavy atom. The highest BCUT2D eigenvalue weighted by Crippen LogP contribution is 2.28. The van der Waals surface area contributed by atoms with Gasteiger partial charge in [-0.15, -0.1) is 0 Å². The molecule has 2 rings (SSSR count). The van der Waals surface area contributed by atoms with Crippen LogP contribution in [-0.4, -0.2) is 29.8 Å². The Morgan fingerprint density at radius 1 is 1.41 bits per heavy atom. The van der Waals surface area contributed by atoms with Crippen molar-refractivity contribution < 1.29 is 9.59 Å². The highest BCUT2D eigenvalue weighted by molar-refractivity contribution is 5.89. The number of amides is 2. The fraction of sp³-hybridized carbons (Fsp3) is 0.385. The molecule has 2 N–H and O–H groups in total. The van der Waals surface area contributed by atoms with E-state index in [2.05, 4.69) is 0 Å². The van der Waals surface area contributed by atoms with Gasteiger partial charge in [-0.1, -0.05) is 29.8 Å². The lowest BCUT2D eigenvalue weighted by Crippen LogP contribution is -2.35. The highest BCUT2D eigenvalue weighted by atomic mass is 16.2. The molecule has 4 nitrogen and oxygen atoms in total. The van der Waals surface area contributed by atoms with Crippen LogP contribution in [0.3, 0.4) is 0 Å². The summed E-state index contributed by atoms with van der Waals surface area (Å²) in [4.78, 5) is 24.4. The summed E-state index contributed by atoms with van der Waals surface area (Å²) in [5, 5.41) is 0. The van der Waals surface area contributed by atoms with Crippen molar-refractivity contribution in [2.24, 2.45) is 5.73 Å². The van der Waals surface area contributed by atoms with E-state index in [1.807, 2.05) is 31.2 Å². The van der Waals surface area contributed by atoms with Crippen LogP contribution in [-0.2, 0) is 9.59 Å². The van der Waals surface area contributed by atoms with Crippen molar-refractivity contribution in [2.45, 2.75) is 19.3 Å². The summed E-state index contributed by atoms with van der Waals surface area (Å²) in [6, 6.07) is 7.95. The third kappa shape index (κ3) is 2.46. The minimum atomic E-state index is -0.456. The Morgan fingerprint density at radius 2 is 2.06 bits per heavy atom. The number of carbonyl (C=O) groups excluding carboxylic acids is 2. The van der Waals surface area contributed by atoms with Crippen LogP contribution in [0, 0.1) is 6.92 Å². The fourth-order valence-corrected chi connectivity index (χ4v) is 2.19. The van der Waals surface area contributed by atoms with Crippen LogP contribution in [0.15, 0.2) is 24.3 Å². The molecule has 1 aliphatic rings. The molecule has 0 aliphatic carbocycles. The molecule has 1 aromatic carbocycles. The molecular weight excluding hydrogens is 216 g/mol. The Balaban J connectivity index is 2.12. The zero-order chi connectivity index (χ0) is 12.4. The summed E-state index contributed by atoms with van der Waals surface area (Å²) in [7, 11) is 0. The van der Waals surface area contributed by atoms with Gasteiger partial charge in [0.1, 0.15) is 0 Å². The van der Waals surface area contributed by atoms with Gasteiger partial charge in [0, 0.05) is 6.54 Å². The maximum atomic E-state index is 12.0. The predicted molar refractivity (Wildman–Crippen MR) is 64.3 cm³/mol. The number of benzene rings is 1. The third-order valence-electron chi connectivity index (χ3n) is 3.12. The number of aryl methyl sites for hydroxylation is 1. The average Bonchev–Trinajstić information content (AvgIpc) is 2.61. The molecule has 1 heterocycles. The first kappa shape index (κ1) is 11.6. The second kappa shape index (κ2) is 4.57. The van der Waals surface area contributed by atoms with Gasteiger partial charge in [-0.3, -0.25) is 9.59 Å². The van der Waals surface area contributed by atoms with Gasteiger partial charge in [0.05, 0.1) is 12.5 Å². The number of nitrogens with two attached hydrogens (primary N) is 1. The fourth-order valence-electron chi connectivity index (χ4n) is 2.19. The zero-order valence-corrected chi connectivity index (χ0v) is 9.85. The van der Waals surface area contributed by atoms with Gasteiger partial charge in [-0.25, -0.2) is 0 Å². The number of hydrogen-bond acceptors (Lipinski definition) is 2. The van der Waals surface area contributed by atoms with Crippen molar-refractivity contribution in [3.63, 3.8) is 0 Å². The molecule has 0 radical (unpaired) electrons. The topological polar surface area (TPSA) is 63.4 Å². The van der Waals surface area contributed by atoms with E-state index >= 15 is 0 Å². The lowest BCUT2D eigenvalue weighted by molar-refractivity contribution is -0.132. The zero-order valence-electron chi connectivity index (χ0n) is 9.85. The van der Waals surface area contributed by atoms with Gasteiger partial charge in [-0.05, 0) is 18.9 Å². The van der Waals surface area contributed by atoms with E-state index in [0.717, 1.165) is 12.0 Å². The Hall–Kier alpha value is -1.84. The van der Waals surface area contributed by atoms with E-state index in [4.69, 9.17) is 5.73 Å². The van der Waals surface area contributed by atoms with Gasteiger partial charge in [0.15, 0.2) is 0 Å². The molecule has 4 heteroatoms. The van der Waals surface area contributed by atoms with Crippen LogP contribution in [0.25, 0.3) is 0 Å². The molecule has 0 spiro atoms. The van der Waals surface area contributed by atoms with E-state index in [1.165, 1.54) is 10.5 Å². The molecule has 1 aromatic rings. The van der Waals surface area contributed by atoms with Gasteiger partial charge in [-0.2, -0.15) is 0 Å². The number of likely N-dealkylation sites (tertiary alicyclic amines) is 1. The van der Waals surface area contributed by atoms with Crippen molar-refractivity contribution in [3.8, 4) is 0 Å². The lowest BCUT2D eigenvalue weighted by atomic mass is 9.97. The molecule has 2 amide bonds. The maximum Gasteiger partial charge on any atom is 0.237 e.